The first kappa shape index (κ1) is 27.0. The van der Waals surface area contributed by atoms with Gasteiger partial charge in [-0.2, -0.15) is 0 Å². The largest absolute Gasteiger partial charge is 0.378 e. The van der Waals surface area contributed by atoms with E-state index in [-0.39, 0.29) is 17.7 Å². The van der Waals surface area contributed by atoms with E-state index in [0.29, 0.717) is 50.8 Å². The molecular formula is C30H36IN3O4S. The lowest BCUT2D eigenvalue weighted by Gasteiger charge is -2.30. The lowest BCUT2D eigenvalue weighted by atomic mass is 9.81. The molecule has 7 nitrogen and oxygen atoms in total. The lowest BCUT2D eigenvalue weighted by molar-refractivity contribution is -0.140. The van der Waals surface area contributed by atoms with Gasteiger partial charge in [0.25, 0.3) is 5.91 Å². The minimum atomic E-state index is -2.77. The van der Waals surface area contributed by atoms with Crippen molar-refractivity contribution in [2.75, 3.05) is 32.6 Å². The van der Waals surface area contributed by atoms with E-state index in [2.05, 4.69) is 39.6 Å². The summed E-state index contributed by atoms with van der Waals surface area (Å²) in [5, 5.41) is 1.16. The molecule has 2 aromatic carbocycles. The van der Waals surface area contributed by atoms with Crippen molar-refractivity contribution in [2.45, 2.75) is 51.0 Å². The minimum absolute atomic E-state index is 0.174. The molecule has 0 spiro atoms. The van der Waals surface area contributed by atoms with Gasteiger partial charge in [0.05, 0.1) is 24.8 Å². The van der Waals surface area contributed by atoms with Crippen molar-refractivity contribution < 1.29 is 18.5 Å². The molecule has 3 aromatic rings. The van der Waals surface area contributed by atoms with Gasteiger partial charge < -0.3 is 14.2 Å². The maximum Gasteiger partial charge on any atom is 0.262 e. The molecule has 1 aliphatic carbocycles. The Labute approximate surface area is 242 Å². The van der Waals surface area contributed by atoms with Crippen LogP contribution in [0.5, 0.6) is 0 Å². The average Bonchev–Trinajstić information content (AvgIpc) is 3.15. The molecule has 2 amide bonds. The van der Waals surface area contributed by atoms with Crippen molar-refractivity contribution in [1.29, 1.82) is 0 Å². The van der Waals surface area contributed by atoms with Gasteiger partial charge in [0.1, 0.15) is 0 Å². The SMILES string of the molecule is C[SH](=O)(I)NC(=O)c1ccc2c(C3CCCCC3)c3n(c2c1)CC(C(=O)N1CCOCC1)Cc1ccccc1-3. The van der Waals surface area contributed by atoms with Crippen LogP contribution >= 0.6 is 21.2 Å². The Bertz CT molecular complexity index is 1470. The fraction of sp³-hybridized carbons (Fsp3) is 0.467. The Balaban J connectivity index is 1.54. The molecule has 0 radical (unpaired) electrons. The summed E-state index contributed by atoms with van der Waals surface area (Å²) in [5.41, 5.74) is 6.44. The topological polar surface area (TPSA) is 80.6 Å². The summed E-state index contributed by atoms with van der Waals surface area (Å²) < 4.78 is 22.9. The van der Waals surface area contributed by atoms with Crippen molar-refractivity contribution in [1.82, 2.24) is 14.2 Å². The monoisotopic (exact) mass is 661 g/mol. The quantitative estimate of drug-likeness (QED) is 0.234. The van der Waals surface area contributed by atoms with Crippen LogP contribution in [0.1, 0.15) is 59.5 Å². The van der Waals surface area contributed by atoms with Crippen LogP contribution in [0.4, 0.5) is 0 Å². The van der Waals surface area contributed by atoms with Crippen LogP contribution in [-0.2, 0) is 29.8 Å². The zero-order chi connectivity index (χ0) is 27.1. The Morgan fingerprint density at radius 1 is 1.05 bits per heavy atom. The molecular weight excluding hydrogens is 625 g/mol. The number of ether oxygens (including phenoxy) is 1. The standard InChI is InChI=1S/C30H36IN3O4S/c1-39(31,37)32-29(35)22-11-12-25-26(18-22)34-19-23(30(36)33-13-15-38-16-14-33)17-21-9-5-6-10-24(21)28(34)27(25)20-7-3-2-4-8-20/h5-6,9-12,18,20,23,39H,2-4,7-8,13-17,19H2,1H3,(H,32,35,37). The molecule has 1 unspecified atom stereocenters. The molecule has 39 heavy (non-hydrogen) atoms. The van der Waals surface area contributed by atoms with Gasteiger partial charge >= 0.3 is 0 Å². The number of halogens is 1. The van der Waals surface area contributed by atoms with Crippen molar-refractivity contribution in [3.63, 3.8) is 0 Å². The van der Waals surface area contributed by atoms with Crippen LogP contribution in [0.15, 0.2) is 42.5 Å². The van der Waals surface area contributed by atoms with Gasteiger partial charge in [-0.1, -0.05) is 49.6 Å². The second-order valence-electron chi connectivity index (χ2n) is 11.2. The van der Waals surface area contributed by atoms with E-state index in [1.165, 1.54) is 41.6 Å². The number of hydrogen-bond acceptors (Lipinski definition) is 4. The molecule has 3 heterocycles. The van der Waals surface area contributed by atoms with E-state index < -0.39 is 7.29 Å². The summed E-state index contributed by atoms with van der Waals surface area (Å²) >= 11 is 1.81. The van der Waals surface area contributed by atoms with E-state index in [0.717, 1.165) is 23.7 Å². The number of morpholine rings is 1. The van der Waals surface area contributed by atoms with Gasteiger partial charge in [0.15, 0.2) is 0 Å². The molecule has 2 aliphatic heterocycles. The summed E-state index contributed by atoms with van der Waals surface area (Å²) in [6.45, 7) is 2.97. The summed E-state index contributed by atoms with van der Waals surface area (Å²) in [7, 11) is -2.77. The number of aromatic nitrogens is 1. The zero-order valence-electron chi connectivity index (χ0n) is 22.3. The number of carbonyl (C=O) groups excluding carboxylic acids is 2. The number of nitrogens with zero attached hydrogens (tertiary/aromatic N) is 2. The third-order valence-electron chi connectivity index (χ3n) is 8.49. The summed E-state index contributed by atoms with van der Waals surface area (Å²) in [6.07, 6.45) is 8.26. The van der Waals surface area contributed by atoms with E-state index >= 15 is 0 Å². The highest BCUT2D eigenvalue weighted by atomic mass is 127. The predicted octanol–water partition coefficient (Wildman–Crippen LogP) is 5.03. The summed E-state index contributed by atoms with van der Waals surface area (Å²) in [4.78, 5) is 28.9. The minimum Gasteiger partial charge on any atom is -0.378 e. The van der Waals surface area contributed by atoms with Crippen LogP contribution in [0, 0.1) is 5.92 Å². The van der Waals surface area contributed by atoms with E-state index in [4.69, 9.17) is 4.74 Å². The normalized spacial score (nSPS) is 20.7. The molecule has 9 heteroatoms. The lowest BCUT2D eigenvalue weighted by Crippen LogP contribution is -2.45. The van der Waals surface area contributed by atoms with Gasteiger partial charge in [-0.15, -0.1) is 0 Å². The van der Waals surface area contributed by atoms with Crippen molar-refractivity contribution in [3.8, 4) is 11.3 Å². The number of thiol groups is 1. The van der Waals surface area contributed by atoms with Gasteiger partial charge in [-0.3, -0.25) is 18.5 Å². The first-order valence-electron chi connectivity index (χ1n) is 14.0. The molecule has 0 bridgehead atoms. The number of nitrogens with one attached hydrogen (secondary N) is 1. The highest BCUT2D eigenvalue weighted by molar-refractivity contribution is 14.2. The van der Waals surface area contributed by atoms with Crippen LogP contribution in [0.2, 0.25) is 0 Å². The first-order chi connectivity index (χ1) is 18.8. The molecule has 1 N–H and O–H groups in total. The third kappa shape index (κ3) is 5.41. The molecule has 3 aliphatic rings. The van der Waals surface area contributed by atoms with Crippen molar-refractivity contribution >= 4 is 51.2 Å². The van der Waals surface area contributed by atoms with Crippen LogP contribution < -0.4 is 4.72 Å². The van der Waals surface area contributed by atoms with Crippen LogP contribution in [-0.4, -0.2) is 58.0 Å². The number of benzene rings is 2. The van der Waals surface area contributed by atoms with Crippen LogP contribution in [0.25, 0.3) is 22.2 Å². The van der Waals surface area contributed by atoms with E-state index in [1.807, 2.05) is 38.2 Å². The first-order valence-corrected chi connectivity index (χ1v) is 18.9. The molecule has 6 rings (SSSR count). The van der Waals surface area contributed by atoms with Crippen LogP contribution in [0.3, 0.4) is 0 Å². The number of fused-ring (bicyclic) bond motifs is 5. The molecule has 2 fully saturated rings. The molecule has 1 atom stereocenters. The maximum absolute atomic E-state index is 13.9. The van der Waals surface area contributed by atoms with Gasteiger partial charge in [-0.25, -0.2) is 0 Å². The second-order valence-corrected chi connectivity index (χ2v) is 18.6. The van der Waals surface area contributed by atoms with E-state index in [1.54, 1.807) is 6.26 Å². The van der Waals surface area contributed by atoms with Crippen molar-refractivity contribution in [3.05, 3.63) is 59.2 Å². The fourth-order valence-electron chi connectivity index (χ4n) is 6.73. The number of amides is 2. The third-order valence-corrected chi connectivity index (χ3v) is 9.82. The highest BCUT2D eigenvalue weighted by Crippen LogP contribution is 2.46. The zero-order valence-corrected chi connectivity index (χ0v) is 25.4. The summed E-state index contributed by atoms with van der Waals surface area (Å²) in [6, 6.07) is 14.4. The van der Waals surface area contributed by atoms with Gasteiger partial charge in [0.2, 0.25) is 5.91 Å². The Morgan fingerprint density at radius 2 is 1.79 bits per heavy atom. The predicted molar refractivity (Wildman–Crippen MR) is 165 cm³/mol. The van der Waals surface area contributed by atoms with E-state index in [9.17, 15) is 13.8 Å². The Kier molecular flexibility index (Phi) is 7.58. The molecule has 208 valence electrons. The molecule has 1 saturated heterocycles. The molecule has 1 saturated carbocycles. The fourth-order valence-corrected chi connectivity index (χ4v) is 7.88. The van der Waals surface area contributed by atoms with Gasteiger partial charge in [-0.05, 0) is 48.4 Å². The summed E-state index contributed by atoms with van der Waals surface area (Å²) in [5.74, 6) is 0.0829. The average molecular weight is 662 g/mol. The Hall–Kier alpha value is -2.24. The maximum atomic E-state index is 13.9. The molecule has 1 aromatic heterocycles. The second kappa shape index (κ2) is 11.0. The number of rotatable bonds is 4. The number of carbonyl (C=O) groups is 2. The Morgan fingerprint density at radius 3 is 2.54 bits per heavy atom. The number of hydrogen-bond donors (Lipinski definition) is 2. The smallest absolute Gasteiger partial charge is 0.262 e. The highest BCUT2D eigenvalue weighted by Gasteiger charge is 2.34. The van der Waals surface area contributed by atoms with Gasteiger partial charge in [0, 0.05) is 76.4 Å². The van der Waals surface area contributed by atoms with Crippen molar-refractivity contribution in [2.24, 2.45) is 5.92 Å².